The van der Waals surface area contributed by atoms with Gasteiger partial charge in [-0.15, -0.1) is 0 Å². The van der Waals surface area contributed by atoms with E-state index in [2.05, 4.69) is 15.5 Å². The van der Waals surface area contributed by atoms with Crippen LogP contribution in [0.3, 0.4) is 0 Å². The maximum Gasteiger partial charge on any atom is 0.251 e. The normalized spacial score (nSPS) is 11.8. The molecule has 0 fully saturated rings. The second kappa shape index (κ2) is 8.01. The van der Waals surface area contributed by atoms with Crippen LogP contribution < -0.4 is 10.1 Å². The van der Waals surface area contributed by atoms with Crippen molar-refractivity contribution >= 4 is 17.5 Å². The zero-order valence-corrected chi connectivity index (χ0v) is 15.2. The molecule has 3 aromatic rings. The highest BCUT2D eigenvalue weighted by Crippen LogP contribution is 2.21. The zero-order valence-electron chi connectivity index (χ0n) is 14.4. The average Bonchev–Trinajstić information content (AvgIpc) is 3.13. The standard InChI is InChI=1S/C19H18ClN3O3/c1-3-25-16-10-6-14(7-11-16)18(24)21-12(2)19-22-17(23-26-19)13-4-8-15(20)9-5-13/h4-12H,3H2,1-2H3,(H,21,24). The number of benzene rings is 2. The Bertz CT molecular complexity index is 876. The van der Waals surface area contributed by atoms with Crippen LogP contribution in [-0.2, 0) is 0 Å². The molecule has 1 amide bonds. The molecule has 0 saturated heterocycles. The summed E-state index contributed by atoms with van der Waals surface area (Å²) in [5.74, 6) is 1.27. The quantitative estimate of drug-likeness (QED) is 0.699. The van der Waals surface area contributed by atoms with Crippen LogP contribution in [0.5, 0.6) is 5.75 Å². The lowest BCUT2D eigenvalue weighted by Gasteiger charge is -2.10. The molecule has 134 valence electrons. The van der Waals surface area contributed by atoms with Crippen molar-refractivity contribution in [2.45, 2.75) is 19.9 Å². The van der Waals surface area contributed by atoms with Crippen LogP contribution in [0.1, 0.15) is 36.1 Å². The first-order chi connectivity index (χ1) is 12.6. The van der Waals surface area contributed by atoms with Gasteiger partial charge in [-0.05, 0) is 62.4 Å². The molecule has 0 aliphatic rings. The van der Waals surface area contributed by atoms with E-state index in [1.54, 1.807) is 55.5 Å². The number of aromatic nitrogens is 2. The smallest absolute Gasteiger partial charge is 0.251 e. The predicted octanol–water partition coefficient (Wildman–Crippen LogP) is 4.28. The molecule has 0 radical (unpaired) electrons. The maximum absolute atomic E-state index is 12.4. The van der Waals surface area contributed by atoms with Gasteiger partial charge in [0, 0.05) is 16.1 Å². The fourth-order valence-corrected chi connectivity index (χ4v) is 2.46. The highest BCUT2D eigenvalue weighted by atomic mass is 35.5. The summed E-state index contributed by atoms with van der Waals surface area (Å²) in [5, 5.41) is 7.43. The lowest BCUT2D eigenvalue weighted by molar-refractivity contribution is 0.0932. The van der Waals surface area contributed by atoms with Gasteiger partial charge in [0.05, 0.1) is 6.61 Å². The summed E-state index contributed by atoms with van der Waals surface area (Å²) in [6.45, 7) is 4.27. The summed E-state index contributed by atoms with van der Waals surface area (Å²) in [6, 6.07) is 13.6. The fraction of sp³-hybridized carbons (Fsp3) is 0.211. The second-order valence-corrected chi connectivity index (χ2v) is 6.05. The summed E-state index contributed by atoms with van der Waals surface area (Å²) in [6.07, 6.45) is 0. The third kappa shape index (κ3) is 4.21. The van der Waals surface area contributed by atoms with Crippen molar-refractivity contribution < 1.29 is 14.1 Å². The summed E-state index contributed by atoms with van der Waals surface area (Å²) in [4.78, 5) is 16.7. The Balaban J connectivity index is 1.67. The molecule has 0 aliphatic heterocycles. The van der Waals surface area contributed by atoms with E-state index in [0.29, 0.717) is 28.9 Å². The fourth-order valence-electron chi connectivity index (χ4n) is 2.34. The van der Waals surface area contributed by atoms with E-state index in [-0.39, 0.29) is 5.91 Å². The van der Waals surface area contributed by atoms with Crippen LogP contribution in [0, 0.1) is 0 Å². The van der Waals surface area contributed by atoms with Gasteiger partial charge in [-0.1, -0.05) is 16.8 Å². The topological polar surface area (TPSA) is 77.2 Å². The Hall–Kier alpha value is -2.86. The van der Waals surface area contributed by atoms with Gasteiger partial charge in [0.25, 0.3) is 5.91 Å². The number of carbonyl (C=O) groups excluding carboxylic acids is 1. The molecule has 6 nitrogen and oxygen atoms in total. The van der Waals surface area contributed by atoms with Gasteiger partial charge in [0.15, 0.2) is 0 Å². The lowest BCUT2D eigenvalue weighted by Crippen LogP contribution is -2.26. The number of hydrogen-bond acceptors (Lipinski definition) is 5. The van der Waals surface area contributed by atoms with Crippen LogP contribution in [0.4, 0.5) is 0 Å². The first-order valence-corrected chi connectivity index (χ1v) is 8.58. The SMILES string of the molecule is CCOc1ccc(C(=O)NC(C)c2nc(-c3ccc(Cl)cc3)no2)cc1. The van der Waals surface area contributed by atoms with E-state index in [0.717, 1.165) is 11.3 Å². The van der Waals surface area contributed by atoms with E-state index < -0.39 is 6.04 Å². The van der Waals surface area contributed by atoms with Crippen molar-refractivity contribution in [1.82, 2.24) is 15.5 Å². The molecule has 1 unspecified atom stereocenters. The number of amides is 1. The number of rotatable bonds is 6. The van der Waals surface area contributed by atoms with Crippen molar-refractivity contribution in [3.8, 4) is 17.1 Å². The first-order valence-electron chi connectivity index (χ1n) is 8.20. The van der Waals surface area contributed by atoms with Crippen molar-refractivity contribution in [3.05, 3.63) is 65.0 Å². The summed E-state index contributed by atoms with van der Waals surface area (Å²) in [5.41, 5.74) is 1.31. The molecule has 1 aromatic heterocycles. The number of halogens is 1. The van der Waals surface area contributed by atoms with Crippen LogP contribution in [0.2, 0.25) is 5.02 Å². The molecule has 0 aliphatic carbocycles. The molecular formula is C19H18ClN3O3. The zero-order chi connectivity index (χ0) is 18.5. The second-order valence-electron chi connectivity index (χ2n) is 5.62. The minimum Gasteiger partial charge on any atom is -0.494 e. The molecule has 1 atom stereocenters. The van der Waals surface area contributed by atoms with Crippen LogP contribution in [-0.4, -0.2) is 22.7 Å². The van der Waals surface area contributed by atoms with E-state index >= 15 is 0 Å². The Morgan fingerprint density at radius 3 is 2.54 bits per heavy atom. The molecule has 2 aromatic carbocycles. The van der Waals surface area contributed by atoms with Crippen LogP contribution in [0.15, 0.2) is 53.1 Å². The minimum absolute atomic E-state index is 0.230. The molecular weight excluding hydrogens is 354 g/mol. The highest BCUT2D eigenvalue weighted by Gasteiger charge is 2.18. The molecule has 0 spiro atoms. The van der Waals surface area contributed by atoms with Crippen LogP contribution >= 0.6 is 11.6 Å². The average molecular weight is 372 g/mol. The largest absolute Gasteiger partial charge is 0.494 e. The van der Waals surface area contributed by atoms with E-state index in [4.69, 9.17) is 20.9 Å². The Kier molecular flexibility index (Phi) is 5.53. The van der Waals surface area contributed by atoms with Crippen molar-refractivity contribution in [2.75, 3.05) is 6.61 Å². The Labute approximate surface area is 156 Å². The van der Waals surface area contributed by atoms with Crippen LogP contribution in [0.25, 0.3) is 11.4 Å². The first kappa shape index (κ1) is 17.9. The summed E-state index contributed by atoms with van der Waals surface area (Å²) < 4.78 is 10.6. The Morgan fingerprint density at radius 2 is 1.88 bits per heavy atom. The number of carbonyl (C=O) groups is 1. The van der Waals surface area contributed by atoms with E-state index in [1.165, 1.54) is 0 Å². The molecule has 26 heavy (non-hydrogen) atoms. The maximum atomic E-state index is 12.4. The monoisotopic (exact) mass is 371 g/mol. The molecule has 0 saturated carbocycles. The number of nitrogens with one attached hydrogen (secondary N) is 1. The van der Waals surface area contributed by atoms with Gasteiger partial charge >= 0.3 is 0 Å². The molecule has 3 rings (SSSR count). The van der Waals surface area contributed by atoms with Gasteiger partial charge in [0.1, 0.15) is 11.8 Å². The highest BCUT2D eigenvalue weighted by molar-refractivity contribution is 6.30. The molecule has 0 bridgehead atoms. The van der Waals surface area contributed by atoms with Crippen molar-refractivity contribution in [1.29, 1.82) is 0 Å². The molecule has 1 heterocycles. The number of hydrogen-bond donors (Lipinski definition) is 1. The van der Waals surface area contributed by atoms with E-state index in [9.17, 15) is 4.79 Å². The van der Waals surface area contributed by atoms with E-state index in [1.807, 2.05) is 6.92 Å². The third-order valence-corrected chi connectivity index (χ3v) is 3.94. The third-order valence-electron chi connectivity index (χ3n) is 3.69. The lowest BCUT2D eigenvalue weighted by atomic mass is 10.2. The Morgan fingerprint density at radius 1 is 1.19 bits per heavy atom. The van der Waals surface area contributed by atoms with Crippen molar-refractivity contribution in [3.63, 3.8) is 0 Å². The number of ether oxygens (including phenoxy) is 1. The van der Waals surface area contributed by atoms with Gasteiger partial charge in [-0.3, -0.25) is 4.79 Å². The molecule has 1 N–H and O–H groups in total. The molecule has 7 heteroatoms. The van der Waals surface area contributed by atoms with Gasteiger partial charge in [-0.2, -0.15) is 4.98 Å². The van der Waals surface area contributed by atoms with Gasteiger partial charge in [-0.25, -0.2) is 0 Å². The predicted molar refractivity (Wildman–Crippen MR) is 98.2 cm³/mol. The minimum atomic E-state index is -0.428. The number of nitrogens with zero attached hydrogens (tertiary/aromatic N) is 2. The van der Waals surface area contributed by atoms with Gasteiger partial charge in [0.2, 0.25) is 11.7 Å². The van der Waals surface area contributed by atoms with Gasteiger partial charge < -0.3 is 14.6 Å². The summed E-state index contributed by atoms with van der Waals surface area (Å²) >= 11 is 5.88. The summed E-state index contributed by atoms with van der Waals surface area (Å²) in [7, 11) is 0. The van der Waals surface area contributed by atoms with Crippen molar-refractivity contribution in [2.24, 2.45) is 0 Å².